The van der Waals surface area contributed by atoms with Gasteiger partial charge in [0.15, 0.2) is 0 Å². The summed E-state index contributed by atoms with van der Waals surface area (Å²) in [6.07, 6.45) is 0. The smallest absolute Gasteiger partial charge is 0.312 e. The molecule has 1 aromatic heterocycles. The average molecular weight is 270 g/mol. The fourth-order valence-electron chi connectivity index (χ4n) is 1.50. The number of aryl methyl sites for hydroxylation is 1. The summed E-state index contributed by atoms with van der Waals surface area (Å²) in [5.41, 5.74) is 1.82. The zero-order chi connectivity index (χ0) is 14.6. The molecule has 0 fully saturated rings. The first-order valence-corrected chi connectivity index (χ1v) is 5.71. The SMILES string of the molecule is Cc1nc([C@H](C)NC(=O)CN(C)C)oc1C(=O)NO. The summed E-state index contributed by atoms with van der Waals surface area (Å²) in [4.78, 5) is 28.6. The highest BCUT2D eigenvalue weighted by Crippen LogP contribution is 2.16. The molecule has 0 saturated heterocycles. The summed E-state index contributed by atoms with van der Waals surface area (Å²) in [6, 6.07) is -0.466. The van der Waals surface area contributed by atoms with Gasteiger partial charge in [-0.05, 0) is 27.9 Å². The Morgan fingerprint density at radius 1 is 1.47 bits per heavy atom. The molecule has 0 spiro atoms. The number of carbonyl (C=O) groups is 2. The number of hydroxylamine groups is 1. The van der Waals surface area contributed by atoms with E-state index in [1.54, 1.807) is 32.8 Å². The average Bonchev–Trinajstić information content (AvgIpc) is 2.69. The summed E-state index contributed by atoms with van der Waals surface area (Å²) in [5, 5.41) is 11.2. The molecule has 8 heteroatoms. The van der Waals surface area contributed by atoms with Crippen LogP contribution in [0.3, 0.4) is 0 Å². The van der Waals surface area contributed by atoms with Crippen LogP contribution in [0.25, 0.3) is 0 Å². The predicted octanol–water partition coefficient (Wildman–Crippen LogP) is -0.159. The molecule has 8 nitrogen and oxygen atoms in total. The standard InChI is InChI=1S/C11H18N4O4/c1-6-9(10(17)14-18)19-11(13-6)7(2)12-8(16)5-15(3)4/h7,18H,5H2,1-4H3,(H,12,16)(H,14,17)/t7-/m0/s1. The molecular weight excluding hydrogens is 252 g/mol. The van der Waals surface area contributed by atoms with Gasteiger partial charge in [0.2, 0.25) is 17.6 Å². The normalized spacial score (nSPS) is 12.3. The maximum Gasteiger partial charge on any atom is 0.312 e. The van der Waals surface area contributed by atoms with Crippen molar-refractivity contribution in [2.45, 2.75) is 19.9 Å². The van der Waals surface area contributed by atoms with Gasteiger partial charge in [0.05, 0.1) is 12.2 Å². The number of amides is 2. The highest BCUT2D eigenvalue weighted by atomic mass is 16.5. The van der Waals surface area contributed by atoms with Crippen LogP contribution in [0.15, 0.2) is 4.42 Å². The number of oxazole rings is 1. The number of aromatic nitrogens is 1. The minimum absolute atomic E-state index is 0.0776. The van der Waals surface area contributed by atoms with Gasteiger partial charge >= 0.3 is 5.91 Å². The maximum absolute atomic E-state index is 11.6. The Bertz CT molecular complexity index is 469. The van der Waals surface area contributed by atoms with Gasteiger partial charge in [0, 0.05) is 0 Å². The van der Waals surface area contributed by atoms with Gasteiger partial charge in [-0.2, -0.15) is 0 Å². The quantitative estimate of drug-likeness (QED) is 0.507. The fourth-order valence-corrected chi connectivity index (χ4v) is 1.50. The zero-order valence-corrected chi connectivity index (χ0v) is 11.4. The van der Waals surface area contributed by atoms with Crippen molar-refractivity contribution in [3.63, 3.8) is 0 Å². The fraction of sp³-hybridized carbons (Fsp3) is 0.545. The van der Waals surface area contributed by atoms with Crippen LogP contribution in [-0.4, -0.2) is 47.5 Å². The Balaban J connectivity index is 2.75. The minimum Gasteiger partial charge on any atom is -0.433 e. The van der Waals surface area contributed by atoms with E-state index in [1.807, 2.05) is 0 Å². The van der Waals surface area contributed by atoms with Crippen molar-refractivity contribution in [1.29, 1.82) is 0 Å². The summed E-state index contributed by atoms with van der Waals surface area (Å²) < 4.78 is 5.22. The molecule has 0 aromatic carbocycles. The first-order chi connectivity index (χ1) is 8.85. The van der Waals surface area contributed by atoms with E-state index in [2.05, 4.69) is 10.3 Å². The highest BCUT2D eigenvalue weighted by molar-refractivity contribution is 5.91. The van der Waals surface area contributed by atoms with Gasteiger partial charge in [-0.15, -0.1) is 0 Å². The molecule has 0 radical (unpaired) electrons. The number of nitrogens with zero attached hydrogens (tertiary/aromatic N) is 2. The number of nitrogens with one attached hydrogen (secondary N) is 2. The van der Waals surface area contributed by atoms with E-state index in [0.717, 1.165) is 0 Å². The van der Waals surface area contributed by atoms with Crippen LogP contribution < -0.4 is 10.8 Å². The lowest BCUT2D eigenvalue weighted by atomic mass is 10.3. The van der Waals surface area contributed by atoms with Crippen molar-refractivity contribution in [3.05, 3.63) is 17.3 Å². The summed E-state index contributed by atoms with van der Waals surface area (Å²) >= 11 is 0. The molecular formula is C11H18N4O4. The van der Waals surface area contributed by atoms with E-state index in [-0.39, 0.29) is 24.1 Å². The van der Waals surface area contributed by atoms with Crippen molar-refractivity contribution in [2.24, 2.45) is 0 Å². The Kier molecular flexibility index (Phi) is 5.02. The molecule has 0 aliphatic heterocycles. The molecule has 1 atom stereocenters. The number of hydrogen-bond donors (Lipinski definition) is 3. The molecule has 1 aromatic rings. The molecule has 0 unspecified atom stereocenters. The lowest BCUT2D eigenvalue weighted by Crippen LogP contribution is -2.34. The van der Waals surface area contributed by atoms with E-state index in [9.17, 15) is 9.59 Å². The van der Waals surface area contributed by atoms with E-state index in [4.69, 9.17) is 9.62 Å². The number of rotatable bonds is 5. The van der Waals surface area contributed by atoms with Crippen LogP contribution in [-0.2, 0) is 4.79 Å². The Hall–Kier alpha value is -1.93. The first-order valence-electron chi connectivity index (χ1n) is 5.71. The van der Waals surface area contributed by atoms with Gasteiger partial charge in [0.1, 0.15) is 6.04 Å². The van der Waals surface area contributed by atoms with Crippen LogP contribution in [0.5, 0.6) is 0 Å². The minimum atomic E-state index is -0.775. The van der Waals surface area contributed by atoms with Crippen LogP contribution in [0, 0.1) is 6.92 Å². The van der Waals surface area contributed by atoms with E-state index in [0.29, 0.717) is 5.69 Å². The van der Waals surface area contributed by atoms with Crippen LogP contribution in [0.2, 0.25) is 0 Å². The summed E-state index contributed by atoms with van der Waals surface area (Å²) in [6.45, 7) is 3.51. The first kappa shape index (κ1) is 15.1. The zero-order valence-electron chi connectivity index (χ0n) is 11.4. The molecule has 0 aliphatic carbocycles. The van der Waals surface area contributed by atoms with Crippen molar-refractivity contribution >= 4 is 11.8 Å². The monoisotopic (exact) mass is 270 g/mol. The van der Waals surface area contributed by atoms with E-state index in [1.165, 1.54) is 5.48 Å². The van der Waals surface area contributed by atoms with Crippen molar-refractivity contribution in [1.82, 2.24) is 20.7 Å². The molecule has 2 amide bonds. The molecule has 106 valence electrons. The second-order valence-electron chi connectivity index (χ2n) is 4.43. The molecule has 3 N–H and O–H groups in total. The van der Waals surface area contributed by atoms with Crippen LogP contribution in [0.4, 0.5) is 0 Å². The number of likely N-dealkylation sites (N-methyl/N-ethyl adjacent to an activating group) is 1. The molecule has 1 rings (SSSR count). The Morgan fingerprint density at radius 3 is 2.63 bits per heavy atom. The number of carbonyl (C=O) groups excluding carboxylic acids is 2. The third-order valence-electron chi connectivity index (χ3n) is 2.33. The van der Waals surface area contributed by atoms with Gasteiger partial charge in [0.25, 0.3) is 0 Å². The lowest BCUT2D eigenvalue weighted by molar-refractivity contribution is -0.122. The van der Waals surface area contributed by atoms with Crippen LogP contribution in [0.1, 0.15) is 35.1 Å². The second kappa shape index (κ2) is 6.30. The largest absolute Gasteiger partial charge is 0.433 e. The highest BCUT2D eigenvalue weighted by Gasteiger charge is 2.21. The van der Waals surface area contributed by atoms with E-state index >= 15 is 0 Å². The molecule has 0 bridgehead atoms. The van der Waals surface area contributed by atoms with Gasteiger partial charge in [-0.3, -0.25) is 14.8 Å². The molecule has 0 aliphatic rings. The second-order valence-corrected chi connectivity index (χ2v) is 4.43. The third-order valence-corrected chi connectivity index (χ3v) is 2.33. The third kappa shape index (κ3) is 4.04. The van der Waals surface area contributed by atoms with Crippen molar-refractivity contribution < 1.29 is 19.2 Å². The predicted molar refractivity (Wildman–Crippen MR) is 65.6 cm³/mol. The van der Waals surface area contributed by atoms with Gasteiger partial charge < -0.3 is 14.6 Å². The molecule has 1 heterocycles. The molecule has 19 heavy (non-hydrogen) atoms. The van der Waals surface area contributed by atoms with Gasteiger partial charge in [-0.25, -0.2) is 10.5 Å². The molecule has 0 saturated carbocycles. The van der Waals surface area contributed by atoms with Crippen LogP contribution >= 0.6 is 0 Å². The summed E-state index contributed by atoms with van der Waals surface area (Å²) in [5.74, 6) is -0.820. The number of hydrogen-bond acceptors (Lipinski definition) is 6. The van der Waals surface area contributed by atoms with E-state index < -0.39 is 11.9 Å². The van der Waals surface area contributed by atoms with Crippen molar-refractivity contribution in [3.8, 4) is 0 Å². The Labute approximate surface area is 110 Å². The lowest BCUT2D eigenvalue weighted by Gasteiger charge is -2.13. The topological polar surface area (TPSA) is 108 Å². The van der Waals surface area contributed by atoms with Gasteiger partial charge in [-0.1, -0.05) is 0 Å². The van der Waals surface area contributed by atoms with Crippen molar-refractivity contribution in [2.75, 3.05) is 20.6 Å². The Morgan fingerprint density at radius 2 is 2.11 bits per heavy atom. The summed E-state index contributed by atoms with van der Waals surface area (Å²) in [7, 11) is 3.56. The maximum atomic E-state index is 11.6.